The van der Waals surface area contributed by atoms with Gasteiger partial charge in [0.2, 0.25) is 0 Å². The van der Waals surface area contributed by atoms with E-state index in [4.69, 9.17) is 4.74 Å². The summed E-state index contributed by atoms with van der Waals surface area (Å²) in [4.78, 5) is 0. The van der Waals surface area contributed by atoms with Crippen LogP contribution in [0.25, 0.3) is 0 Å². The number of ether oxygens (including phenoxy) is 1. The molecular formula is C13H14F2N2O2. The van der Waals surface area contributed by atoms with E-state index in [1.165, 1.54) is 24.9 Å². The Balaban J connectivity index is 2.60. The van der Waals surface area contributed by atoms with Crippen molar-refractivity contribution in [2.45, 2.75) is 12.5 Å². The molecule has 0 aliphatic heterocycles. The van der Waals surface area contributed by atoms with Gasteiger partial charge < -0.3 is 9.84 Å². The van der Waals surface area contributed by atoms with Crippen molar-refractivity contribution in [3.63, 3.8) is 0 Å². The first-order valence-corrected chi connectivity index (χ1v) is 5.61. The molecule has 102 valence electrons. The van der Waals surface area contributed by atoms with Crippen molar-refractivity contribution >= 4 is 0 Å². The van der Waals surface area contributed by atoms with E-state index in [2.05, 4.69) is 5.10 Å². The van der Waals surface area contributed by atoms with Crippen molar-refractivity contribution in [2.75, 3.05) is 7.11 Å². The van der Waals surface area contributed by atoms with Crippen molar-refractivity contribution < 1.29 is 18.6 Å². The molecule has 1 aromatic carbocycles. The minimum Gasteiger partial charge on any atom is -0.493 e. The number of hydrogen-bond donors (Lipinski definition) is 1. The SMILES string of the molecule is COc1cnn(C)c1C(C)(O)c1cc(F)cc(F)c1. The number of nitrogens with zero attached hydrogens (tertiary/aromatic N) is 2. The first-order valence-electron chi connectivity index (χ1n) is 5.61. The van der Waals surface area contributed by atoms with Gasteiger partial charge in [0.05, 0.1) is 13.3 Å². The van der Waals surface area contributed by atoms with Crippen LogP contribution in [0.5, 0.6) is 5.75 Å². The lowest BCUT2D eigenvalue weighted by Crippen LogP contribution is -2.27. The summed E-state index contributed by atoms with van der Waals surface area (Å²) < 4.78 is 33.1. The number of rotatable bonds is 3. The van der Waals surface area contributed by atoms with Gasteiger partial charge in [-0.15, -0.1) is 0 Å². The Labute approximate surface area is 109 Å². The van der Waals surface area contributed by atoms with Gasteiger partial charge >= 0.3 is 0 Å². The number of methoxy groups -OCH3 is 1. The molecule has 1 unspecified atom stereocenters. The minimum absolute atomic E-state index is 0.0897. The lowest BCUT2D eigenvalue weighted by molar-refractivity contribution is 0.0889. The van der Waals surface area contributed by atoms with Gasteiger partial charge in [0.15, 0.2) is 5.75 Å². The Morgan fingerprint density at radius 3 is 2.37 bits per heavy atom. The standard InChI is InChI=1S/C13H14F2N2O2/c1-13(18,8-4-9(14)6-10(15)5-8)12-11(19-3)7-16-17(12)2/h4-7,18H,1-3H3. The van der Waals surface area contributed by atoms with Gasteiger partial charge in [-0.1, -0.05) is 0 Å². The van der Waals surface area contributed by atoms with Crippen LogP contribution in [0.1, 0.15) is 18.2 Å². The van der Waals surface area contributed by atoms with Gasteiger partial charge in [0.25, 0.3) is 0 Å². The van der Waals surface area contributed by atoms with Gasteiger partial charge in [0.1, 0.15) is 22.9 Å². The van der Waals surface area contributed by atoms with E-state index in [0.717, 1.165) is 18.2 Å². The molecule has 0 radical (unpaired) electrons. The summed E-state index contributed by atoms with van der Waals surface area (Å²) in [5.74, 6) is -1.16. The highest BCUT2D eigenvalue weighted by Gasteiger charge is 2.33. The summed E-state index contributed by atoms with van der Waals surface area (Å²) in [5, 5.41) is 14.6. The van der Waals surface area contributed by atoms with E-state index in [-0.39, 0.29) is 5.56 Å². The fourth-order valence-electron chi connectivity index (χ4n) is 2.09. The molecule has 1 aromatic heterocycles. The first kappa shape index (κ1) is 13.5. The molecule has 0 saturated heterocycles. The molecule has 0 aliphatic carbocycles. The van der Waals surface area contributed by atoms with E-state index >= 15 is 0 Å². The lowest BCUT2D eigenvalue weighted by atomic mass is 9.91. The van der Waals surface area contributed by atoms with Crippen molar-refractivity contribution in [3.05, 3.63) is 47.3 Å². The van der Waals surface area contributed by atoms with Gasteiger partial charge in [-0.3, -0.25) is 4.68 Å². The molecule has 19 heavy (non-hydrogen) atoms. The topological polar surface area (TPSA) is 47.3 Å². The van der Waals surface area contributed by atoms with E-state index in [0.29, 0.717) is 11.4 Å². The van der Waals surface area contributed by atoms with Crippen molar-refractivity contribution in [3.8, 4) is 5.75 Å². The molecule has 1 atom stereocenters. The molecule has 4 nitrogen and oxygen atoms in total. The Morgan fingerprint density at radius 2 is 1.84 bits per heavy atom. The van der Waals surface area contributed by atoms with Crippen LogP contribution in [0.2, 0.25) is 0 Å². The monoisotopic (exact) mass is 268 g/mol. The van der Waals surface area contributed by atoms with E-state index in [1.807, 2.05) is 0 Å². The fourth-order valence-corrected chi connectivity index (χ4v) is 2.09. The van der Waals surface area contributed by atoms with Crippen LogP contribution >= 0.6 is 0 Å². The zero-order valence-electron chi connectivity index (χ0n) is 10.8. The Bertz CT molecular complexity index is 588. The molecule has 6 heteroatoms. The van der Waals surface area contributed by atoms with Crippen LogP contribution in [0.3, 0.4) is 0 Å². The minimum atomic E-state index is -1.63. The van der Waals surface area contributed by atoms with Crippen molar-refractivity contribution in [1.82, 2.24) is 9.78 Å². The predicted molar refractivity (Wildman–Crippen MR) is 64.8 cm³/mol. The number of aryl methyl sites for hydroxylation is 1. The highest BCUT2D eigenvalue weighted by molar-refractivity contribution is 5.39. The molecule has 0 bridgehead atoms. The summed E-state index contributed by atoms with van der Waals surface area (Å²) in [5.41, 5.74) is -1.22. The molecule has 0 amide bonds. The highest BCUT2D eigenvalue weighted by Crippen LogP contribution is 2.35. The molecule has 2 rings (SSSR count). The van der Waals surface area contributed by atoms with Gasteiger partial charge in [0, 0.05) is 13.1 Å². The summed E-state index contributed by atoms with van der Waals surface area (Å²) in [6.45, 7) is 1.43. The second-order valence-corrected chi connectivity index (χ2v) is 4.42. The third-order valence-corrected chi connectivity index (χ3v) is 3.01. The average molecular weight is 268 g/mol. The molecule has 1 N–H and O–H groups in total. The normalized spacial score (nSPS) is 14.2. The van der Waals surface area contributed by atoms with Crippen LogP contribution in [-0.4, -0.2) is 22.0 Å². The van der Waals surface area contributed by atoms with E-state index in [9.17, 15) is 13.9 Å². The Kier molecular flexibility index (Phi) is 3.28. The summed E-state index contributed by atoms with van der Waals surface area (Å²) >= 11 is 0. The number of benzene rings is 1. The number of hydrogen-bond acceptors (Lipinski definition) is 3. The van der Waals surface area contributed by atoms with Gasteiger partial charge in [-0.25, -0.2) is 8.78 Å². The molecule has 1 heterocycles. The van der Waals surface area contributed by atoms with Crippen LogP contribution in [0.15, 0.2) is 24.4 Å². The quantitative estimate of drug-likeness (QED) is 0.925. The molecule has 0 fully saturated rings. The molecular weight excluding hydrogens is 254 g/mol. The largest absolute Gasteiger partial charge is 0.493 e. The predicted octanol–water partition coefficient (Wildman–Crippen LogP) is 1.96. The molecule has 0 saturated carbocycles. The Hall–Kier alpha value is -1.95. The van der Waals surface area contributed by atoms with Crippen LogP contribution < -0.4 is 4.74 Å². The number of aliphatic hydroxyl groups is 1. The van der Waals surface area contributed by atoms with Gasteiger partial charge in [-0.05, 0) is 24.6 Å². The first-order chi connectivity index (χ1) is 8.86. The van der Waals surface area contributed by atoms with Crippen molar-refractivity contribution in [1.29, 1.82) is 0 Å². The van der Waals surface area contributed by atoms with E-state index in [1.54, 1.807) is 7.05 Å². The molecule has 0 aliphatic rings. The maximum atomic E-state index is 13.3. The smallest absolute Gasteiger partial charge is 0.163 e. The second kappa shape index (κ2) is 4.62. The molecule has 2 aromatic rings. The summed E-state index contributed by atoms with van der Waals surface area (Å²) in [7, 11) is 3.05. The van der Waals surface area contributed by atoms with Crippen LogP contribution in [-0.2, 0) is 12.6 Å². The maximum Gasteiger partial charge on any atom is 0.163 e. The zero-order chi connectivity index (χ0) is 14.2. The molecule has 0 spiro atoms. The van der Waals surface area contributed by atoms with Gasteiger partial charge in [-0.2, -0.15) is 5.10 Å². The highest BCUT2D eigenvalue weighted by atomic mass is 19.1. The second-order valence-electron chi connectivity index (χ2n) is 4.42. The summed E-state index contributed by atoms with van der Waals surface area (Å²) in [6, 6.07) is 2.91. The van der Waals surface area contributed by atoms with Crippen molar-refractivity contribution in [2.24, 2.45) is 7.05 Å². The number of halogens is 2. The third kappa shape index (κ3) is 2.31. The van der Waals surface area contributed by atoms with Crippen LogP contribution in [0, 0.1) is 11.6 Å². The fraction of sp³-hybridized carbons (Fsp3) is 0.308. The average Bonchev–Trinajstić information content (AvgIpc) is 2.69. The lowest BCUT2D eigenvalue weighted by Gasteiger charge is -2.25. The zero-order valence-corrected chi connectivity index (χ0v) is 10.8. The van der Waals surface area contributed by atoms with Crippen LogP contribution in [0.4, 0.5) is 8.78 Å². The number of aromatic nitrogens is 2. The Morgan fingerprint density at radius 1 is 1.26 bits per heavy atom. The van der Waals surface area contributed by atoms with E-state index < -0.39 is 17.2 Å². The maximum absolute atomic E-state index is 13.3. The summed E-state index contributed by atoms with van der Waals surface area (Å²) in [6.07, 6.45) is 1.43. The third-order valence-electron chi connectivity index (χ3n) is 3.01.